The van der Waals surface area contributed by atoms with Gasteiger partial charge in [-0.3, -0.25) is 14.6 Å². The van der Waals surface area contributed by atoms with E-state index >= 15 is 0 Å². The zero-order valence-electron chi connectivity index (χ0n) is 11.9. The first kappa shape index (κ1) is 14.5. The molecule has 0 unspecified atom stereocenters. The van der Waals surface area contributed by atoms with Crippen molar-refractivity contribution < 1.29 is 4.79 Å². The van der Waals surface area contributed by atoms with Gasteiger partial charge in [-0.1, -0.05) is 43.0 Å². The molecule has 0 aliphatic carbocycles. The molecule has 0 aliphatic rings. The molecule has 2 N–H and O–H groups in total. The van der Waals surface area contributed by atoms with Gasteiger partial charge in [0.15, 0.2) is 22.1 Å². The number of thioether (sulfide) groups is 1. The number of imidazole rings is 1. The van der Waals surface area contributed by atoms with Crippen LogP contribution in [0.2, 0.25) is 0 Å². The normalized spacial score (nSPS) is 11.0. The summed E-state index contributed by atoms with van der Waals surface area (Å²) in [7, 11) is 0. The summed E-state index contributed by atoms with van der Waals surface area (Å²) in [5.74, 6) is 0.210. The van der Waals surface area contributed by atoms with E-state index < -0.39 is 0 Å². The van der Waals surface area contributed by atoms with E-state index in [0.29, 0.717) is 21.9 Å². The second kappa shape index (κ2) is 6.15. The maximum absolute atomic E-state index is 12.2. The van der Waals surface area contributed by atoms with Gasteiger partial charge in [-0.25, -0.2) is 9.97 Å². The van der Waals surface area contributed by atoms with Crippen LogP contribution in [-0.2, 0) is 6.42 Å². The minimum Gasteiger partial charge on any atom is -0.339 e. The van der Waals surface area contributed by atoms with E-state index in [9.17, 15) is 9.59 Å². The Kier molecular flexibility index (Phi) is 4.06. The molecule has 6 nitrogen and oxygen atoms in total. The number of nitrogens with one attached hydrogen (secondary N) is 2. The lowest BCUT2D eigenvalue weighted by atomic mass is 10.1. The molecule has 0 bridgehead atoms. The molecule has 2 heterocycles. The average Bonchev–Trinajstić information content (AvgIpc) is 3.02. The first-order valence-electron chi connectivity index (χ1n) is 6.85. The molecule has 3 rings (SSSR count). The number of H-pyrrole nitrogens is 2. The monoisotopic (exact) mass is 314 g/mol. The third-order valence-electron chi connectivity index (χ3n) is 3.30. The number of benzene rings is 1. The number of Topliss-reactive ketones (excluding diaryl/α,β-unsaturated/α-hetero) is 1. The number of fused-ring (bicyclic) bond motifs is 1. The number of hydrogen-bond donors (Lipinski definition) is 2. The van der Waals surface area contributed by atoms with Gasteiger partial charge in [-0.2, -0.15) is 0 Å². The number of aromatic nitrogens is 4. The topological polar surface area (TPSA) is 91.5 Å². The van der Waals surface area contributed by atoms with E-state index in [1.54, 1.807) is 0 Å². The summed E-state index contributed by atoms with van der Waals surface area (Å²) >= 11 is 1.20. The Morgan fingerprint density at radius 2 is 2.05 bits per heavy atom. The molecule has 112 valence electrons. The molecule has 0 radical (unpaired) electrons. The van der Waals surface area contributed by atoms with Crippen molar-refractivity contribution in [3.8, 4) is 0 Å². The maximum Gasteiger partial charge on any atom is 0.277 e. The first-order valence-corrected chi connectivity index (χ1v) is 7.84. The Morgan fingerprint density at radius 1 is 1.27 bits per heavy atom. The van der Waals surface area contributed by atoms with Crippen LogP contribution in [0.1, 0.15) is 22.8 Å². The van der Waals surface area contributed by atoms with E-state index in [4.69, 9.17) is 0 Å². The second-order valence-corrected chi connectivity index (χ2v) is 5.70. The predicted octanol–water partition coefficient (Wildman–Crippen LogP) is 2.18. The minimum absolute atomic E-state index is 0.00238. The van der Waals surface area contributed by atoms with Crippen molar-refractivity contribution in [2.45, 2.75) is 18.5 Å². The van der Waals surface area contributed by atoms with Gasteiger partial charge in [0.1, 0.15) is 0 Å². The van der Waals surface area contributed by atoms with Crippen LogP contribution >= 0.6 is 11.8 Å². The molecule has 0 saturated heterocycles. The summed E-state index contributed by atoms with van der Waals surface area (Å²) in [6.45, 7) is 2.07. The number of nitrogens with zero attached hydrogens (tertiary/aromatic N) is 2. The number of aromatic amines is 2. The Labute approximate surface area is 130 Å². The van der Waals surface area contributed by atoms with Crippen molar-refractivity contribution >= 4 is 28.7 Å². The lowest BCUT2D eigenvalue weighted by Crippen LogP contribution is -2.10. The minimum atomic E-state index is -0.287. The van der Waals surface area contributed by atoms with E-state index in [-0.39, 0.29) is 17.1 Å². The molecule has 1 aromatic carbocycles. The van der Waals surface area contributed by atoms with E-state index in [0.717, 1.165) is 6.42 Å². The molecular formula is C15H14N4O2S. The van der Waals surface area contributed by atoms with Crippen molar-refractivity contribution in [2.24, 2.45) is 0 Å². The van der Waals surface area contributed by atoms with Gasteiger partial charge in [-0.05, 0) is 12.0 Å². The third kappa shape index (κ3) is 2.94. The summed E-state index contributed by atoms with van der Waals surface area (Å²) in [5.41, 5.74) is 2.26. The highest BCUT2D eigenvalue weighted by atomic mass is 32.2. The number of hydrogen-bond acceptors (Lipinski definition) is 5. The number of rotatable bonds is 5. The van der Waals surface area contributed by atoms with Crippen LogP contribution in [0.4, 0.5) is 0 Å². The molecule has 0 saturated carbocycles. The average molecular weight is 314 g/mol. The fourth-order valence-corrected chi connectivity index (χ4v) is 2.78. The van der Waals surface area contributed by atoms with Gasteiger partial charge in [0, 0.05) is 5.56 Å². The van der Waals surface area contributed by atoms with Gasteiger partial charge < -0.3 is 4.98 Å². The summed E-state index contributed by atoms with van der Waals surface area (Å²) in [6.07, 6.45) is 2.36. The van der Waals surface area contributed by atoms with Crippen molar-refractivity contribution in [3.63, 3.8) is 0 Å². The van der Waals surface area contributed by atoms with E-state index in [2.05, 4.69) is 26.9 Å². The molecule has 0 atom stereocenters. The molecule has 0 spiro atoms. The van der Waals surface area contributed by atoms with E-state index in [1.165, 1.54) is 23.7 Å². The summed E-state index contributed by atoms with van der Waals surface area (Å²) in [4.78, 5) is 37.5. The maximum atomic E-state index is 12.2. The van der Waals surface area contributed by atoms with Crippen molar-refractivity contribution in [1.29, 1.82) is 0 Å². The van der Waals surface area contributed by atoms with Crippen LogP contribution in [0.15, 0.2) is 40.5 Å². The predicted molar refractivity (Wildman–Crippen MR) is 85.4 cm³/mol. The number of carbonyl (C=O) groups excluding carboxylic acids is 1. The Hall–Kier alpha value is -2.41. The Balaban J connectivity index is 1.72. The smallest absolute Gasteiger partial charge is 0.277 e. The van der Waals surface area contributed by atoms with Gasteiger partial charge in [-0.15, -0.1) is 0 Å². The first-order chi connectivity index (χ1) is 10.7. The highest BCUT2D eigenvalue weighted by Gasteiger charge is 2.10. The van der Waals surface area contributed by atoms with Crippen LogP contribution in [0.5, 0.6) is 0 Å². The molecule has 2 aromatic heterocycles. The molecule has 0 aliphatic heterocycles. The molecular weight excluding hydrogens is 300 g/mol. The molecule has 3 aromatic rings. The number of carbonyl (C=O) groups is 1. The fraction of sp³-hybridized carbons (Fsp3) is 0.200. The lowest BCUT2D eigenvalue weighted by molar-refractivity contribution is 0.102. The fourth-order valence-electron chi connectivity index (χ4n) is 2.03. The molecule has 22 heavy (non-hydrogen) atoms. The van der Waals surface area contributed by atoms with Crippen LogP contribution in [0, 0.1) is 0 Å². The van der Waals surface area contributed by atoms with Crippen molar-refractivity contribution in [2.75, 3.05) is 5.75 Å². The largest absolute Gasteiger partial charge is 0.339 e. The zero-order valence-corrected chi connectivity index (χ0v) is 12.7. The van der Waals surface area contributed by atoms with E-state index in [1.807, 2.05) is 24.3 Å². The van der Waals surface area contributed by atoms with Crippen molar-refractivity contribution in [3.05, 3.63) is 52.1 Å². The van der Waals surface area contributed by atoms with Crippen LogP contribution in [0.25, 0.3) is 11.2 Å². The summed E-state index contributed by atoms with van der Waals surface area (Å²) < 4.78 is 0. The SMILES string of the molecule is CCc1ccc(C(=O)CSc2nc3nc[nH]c3c(=O)[nH]2)cc1. The summed E-state index contributed by atoms with van der Waals surface area (Å²) in [6, 6.07) is 7.56. The highest BCUT2D eigenvalue weighted by molar-refractivity contribution is 7.99. The Bertz CT molecular complexity index is 867. The number of aryl methyl sites for hydroxylation is 1. The zero-order chi connectivity index (χ0) is 15.5. The standard InChI is InChI=1S/C15H14N4O2S/c1-2-9-3-5-10(6-4-9)11(20)7-22-15-18-13-12(14(21)19-15)16-8-17-13/h3-6,8H,2,7H2,1H3,(H2,16,17,18,19,21). The number of ketones is 1. The van der Waals surface area contributed by atoms with Gasteiger partial charge in [0.2, 0.25) is 0 Å². The van der Waals surface area contributed by atoms with Crippen LogP contribution in [0.3, 0.4) is 0 Å². The quantitative estimate of drug-likeness (QED) is 0.428. The Morgan fingerprint density at radius 3 is 2.77 bits per heavy atom. The van der Waals surface area contributed by atoms with Gasteiger partial charge in [0.25, 0.3) is 5.56 Å². The lowest BCUT2D eigenvalue weighted by Gasteiger charge is -2.02. The molecule has 0 fully saturated rings. The molecule has 7 heteroatoms. The van der Waals surface area contributed by atoms with Gasteiger partial charge >= 0.3 is 0 Å². The molecule has 0 amide bonds. The summed E-state index contributed by atoms with van der Waals surface area (Å²) in [5, 5.41) is 0.392. The van der Waals surface area contributed by atoms with Gasteiger partial charge in [0.05, 0.1) is 12.1 Å². The second-order valence-electron chi connectivity index (χ2n) is 4.73. The van der Waals surface area contributed by atoms with Crippen molar-refractivity contribution in [1.82, 2.24) is 19.9 Å². The highest BCUT2D eigenvalue weighted by Crippen LogP contribution is 2.15. The third-order valence-corrected chi connectivity index (χ3v) is 4.17. The van der Waals surface area contributed by atoms with Crippen LogP contribution < -0.4 is 5.56 Å². The van der Waals surface area contributed by atoms with Crippen LogP contribution in [-0.4, -0.2) is 31.5 Å².